The molecule has 6 nitrogen and oxygen atoms in total. The number of para-hydroxylation sites is 1. The highest BCUT2D eigenvalue weighted by Crippen LogP contribution is 2.22. The molecule has 0 radical (unpaired) electrons. The van der Waals surface area contributed by atoms with Crippen molar-refractivity contribution in [3.05, 3.63) is 54.1 Å². The minimum atomic E-state index is -3.68. The molecule has 0 atom stereocenters. The second kappa shape index (κ2) is 8.13. The number of halogens is 2. The lowest BCUT2D eigenvalue weighted by Gasteiger charge is -2.23. The third-order valence-corrected chi connectivity index (χ3v) is 4.56. The summed E-state index contributed by atoms with van der Waals surface area (Å²) < 4.78 is 53.6. The molecule has 0 heterocycles. The molecule has 26 heavy (non-hydrogen) atoms. The van der Waals surface area contributed by atoms with E-state index in [2.05, 4.69) is 10.1 Å². The Bertz CT molecular complexity index is 871. The predicted molar refractivity (Wildman–Crippen MR) is 95.1 cm³/mol. The Kier molecular flexibility index (Phi) is 6.14. The highest BCUT2D eigenvalue weighted by Gasteiger charge is 2.22. The minimum absolute atomic E-state index is 0.0457. The van der Waals surface area contributed by atoms with Crippen LogP contribution in [0.1, 0.15) is 5.56 Å². The van der Waals surface area contributed by atoms with Gasteiger partial charge in [0.1, 0.15) is 12.3 Å². The monoisotopic (exact) mass is 384 g/mol. The number of nitrogens with one attached hydrogen (secondary N) is 1. The SMILES string of the molecule is Cc1ccccc1N(CC(=O)Nc1ccc(OC(F)F)cc1)S(C)(=O)=O. The summed E-state index contributed by atoms with van der Waals surface area (Å²) in [5.41, 5.74) is 1.44. The van der Waals surface area contributed by atoms with Crippen LogP contribution in [0.25, 0.3) is 0 Å². The quantitative estimate of drug-likeness (QED) is 0.796. The lowest BCUT2D eigenvalue weighted by Crippen LogP contribution is -2.37. The molecule has 0 fully saturated rings. The Balaban J connectivity index is 2.12. The minimum Gasteiger partial charge on any atom is -0.435 e. The molecule has 0 spiro atoms. The van der Waals surface area contributed by atoms with Crippen molar-refractivity contribution in [2.75, 3.05) is 22.4 Å². The van der Waals surface area contributed by atoms with E-state index < -0.39 is 29.1 Å². The summed E-state index contributed by atoms with van der Waals surface area (Å²) >= 11 is 0. The summed E-state index contributed by atoms with van der Waals surface area (Å²) in [5.74, 6) is -0.614. The first kappa shape index (κ1) is 19.6. The van der Waals surface area contributed by atoms with Crippen LogP contribution in [0.2, 0.25) is 0 Å². The van der Waals surface area contributed by atoms with Gasteiger partial charge in [0.2, 0.25) is 15.9 Å². The summed E-state index contributed by atoms with van der Waals surface area (Å²) in [6.45, 7) is -1.61. The number of anilines is 2. The lowest BCUT2D eigenvalue weighted by atomic mass is 10.2. The molecular weight excluding hydrogens is 366 g/mol. The first-order chi connectivity index (χ1) is 12.2. The molecule has 0 aliphatic carbocycles. The molecule has 0 aliphatic rings. The molecule has 1 N–H and O–H groups in total. The van der Waals surface area contributed by atoms with Crippen LogP contribution < -0.4 is 14.4 Å². The smallest absolute Gasteiger partial charge is 0.387 e. The zero-order valence-electron chi connectivity index (χ0n) is 14.1. The number of nitrogens with zero attached hydrogens (tertiary/aromatic N) is 1. The number of aryl methyl sites for hydroxylation is 1. The number of carbonyl (C=O) groups excluding carboxylic acids is 1. The van der Waals surface area contributed by atoms with E-state index in [0.29, 0.717) is 16.9 Å². The maximum absolute atomic E-state index is 12.2. The van der Waals surface area contributed by atoms with E-state index in [1.165, 1.54) is 24.3 Å². The first-order valence-electron chi connectivity index (χ1n) is 7.55. The molecule has 0 bridgehead atoms. The molecule has 2 aromatic rings. The third-order valence-electron chi connectivity index (χ3n) is 3.43. The van der Waals surface area contributed by atoms with Crippen LogP contribution in [0.4, 0.5) is 20.2 Å². The zero-order valence-corrected chi connectivity index (χ0v) is 15.0. The molecule has 0 saturated heterocycles. The lowest BCUT2D eigenvalue weighted by molar-refractivity contribution is -0.114. The number of carbonyl (C=O) groups is 1. The van der Waals surface area contributed by atoms with E-state index in [1.54, 1.807) is 31.2 Å². The molecule has 0 saturated carbocycles. The van der Waals surface area contributed by atoms with Crippen LogP contribution in [-0.2, 0) is 14.8 Å². The van der Waals surface area contributed by atoms with Gasteiger partial charge in [-0.15, -0.1) is 0 Å². The Morgan fingerprint density at radius 1 is 1.15 bits per heavy atom. The van der Waals surface area contributed by atoms with Gasteiger partial charge in [0.25, 0.3) is 0 Å². The highest BCUT2D eigenvalue weighted by atomic mass is 32.2. The summed E-state index contributed by atoms with van der Waals surface area (Å²) in [7, 11) is -3.68. The van der Waals surface area contributed by atoms with Gasteiger partial charge in [-0.2, -0.15) is 8.78 Å². The second-order valence-corrected chi connectivity index (χ2v) is 7.41. The second-order valence-electron chi connectivity index (χ2n) is 5.51. The fraction of sp³-hybridized carbons (Fsp3) is 0.235. The average Bonchev–Trinajstić information content (AvgIpc) is 2.54. The number of sulfonamides is 1. The van der Waals surface area contributed by atoms with Crippen LogP contribution in [0, 0.1) is 6.92 Å². The number of benzene rings is 2. The standard InChI is InChI=1S/C17H18F2N2O4S/c1-12-5-3-4-6-15(12)21(26(2,23)24)11-16(22)20-13-7-9-14(10-8-13)25-17(18)19/h3-10,17H,11H2,1-2H3,(H,20,22). The predicted octanol–water partition coefficient (Wildman–Crippen LogP) is 3.00. The van der Waals surface area contributed by atoms with Crippen molar-refractivity contribution in [1.29, 1.82) is 0 Å². The summed E-state index contributed by atoms with van der Waals surface area (Å²) in [5, 5.41) is 2.53. The van der Waals surface area contributed by atoms with E-state index >= 15 is 0 Å². The maximum Gasteiger partial charge on any atom is 0.387 e. The molecule has 2 rings (SSSR count). The van der Waals surface area contributed by atoms with Crippen LogP contribution in [-0.4, -0.2) is 33.7 Å². The van der Waals surface area contributed by atoms with E-state index in [0.717, 1.165) is 10.6 Å². The fourth-order valence-electron chi connectivity index (χ4n) is 2.27. The molecular formula is C17H18F2N2O4S. The maximum atomic E-state index is 12.2. The van der Waals surface area contributed by atoms with Crippen molar-refractivity contribution < 1.29 is 26.7 Å². The Morgan fingerprint density at radius 3 is 2.31 bits per heavy atom. The Labute approximate surface area is 150 Å². The first-order valence-corrected chi connectivity index (χ1v) is 9.39. The van der Waals surface area contributed by atoms with Gasteiger partial charge in [0.05, 0.1) is 11.9 Å². The number of amides is 1. The zero-order chi connectivity index (χ0) is 19.3. The van der Waals surface area contributed by atoms with Crippen molar-refractivity contribution >= 4 is 27.3 Å². The van der Waals surface area contributed by atoms with Gasteiger partial charge in [-0.25, -0.2) is 8.42 Å². The van der Waals surface area contributed by atoms with Crippen LogP contribution in [0.5, 0.6) is 5.75 Å². The van der Waals surface area contributed by atoms with Gasteiger partial charge in [0.15, 0.2) is 0 Å². The summed E-state index contributed by atoms with van der Waals surface area (Å²) in [6.07, 6.45) is 1.02. The van der Waals surface area contributed by atoms with Crippen LogP contribution in [0.15, 0.2) is 48.5 Å². The van der Waals surface area contributed by atoms with Crippen molar-refractivity contribution in [3.63, 3.8) is 0 Å². The van der Waals surface area contributed by atoms with Gasteiger partial charge in [-0.3, -0.25) is 9.10 Å². The number of hydrogen-bond donors (Lipinski definition) is 1. The largest absolute Gasteiger partial charge is 0.435 e. The number of hydrogen-bond acceptors (Lipinski definition) is 4. The molecule has 0 aromatic heterocycles. The van der Waals surface area contributed by atoms with Crippen molar-refractivity contribution in [1.82, 2.24) is 0 Å². The van der Waals surface area contributed by atoms with Crippen LogP contribution >= 0.6 is 0 Å². The summed E-state index contributed by atoms with van der Waals surface area (Å²) in [6, 6.07) is 12.1. The van der Waals surface area contributed by atoms with Gasteiger partial charge < -0.3 is 10.1 Å². The van der Waals surface area contributed by atoms with Gasteiger partial charge in [-0.05, 0) is 42.8 Å². The Morgan fingerprint density at radius 2 is 1.77 bits per heavy atom. The normalized spacial score (nSPS) is 11.3. The van der Waals surface area contributed by atoms with E-state index in [1.807, 2.05) is 0 Å². The summed E-state index contributed by atoms with van der Waals surface area (Å²) in [4.78, 5) is 12.2. The van der Waals surface area contributed by atoms with Gasteiger partial charge in [-0.1, -0.05) is 18.2 Å². The van der Waals surface area contributed by atoms with E-state index in [4.69, 9.17) is 0 Å². The van der Waals surface area contributed by atoms with Gasteiger partial charge >= 0.3 is 6.61 Å². The molecule has 140 valence electrons. The molecule has 0 aliphatic heterocycles. The number of rotatable bonds is 7. The Hall–Kier alpha value is -2.68. The molecule has 2 aromatic carbocycles. The number of alkyl halides is 2. The van der Waals surface area contributed by atoms with E-state index in [-0.39, 0.29) is 5.75 Å². The van der Waals surface area contributed by atoms with Crippen molar-refractivity contribution in [2.24, 2.45) is 0 Å². The van der Waals surface area contributed by atoms with E-state index in [9.17, 15) is 22.0 Å². The highest BCUT2D eigenvalue weighted by molar-refractivity contribution is 7.92. The van der Waals surface area contributed by atoms with Gasteiger partial charge in [0, 0.05) is 5.69 Å². The molecule has 0 unspecified atom stereocenters. The molecule has 9 heteroatoms. The van der Waals surface area contributed by atoms with Crippen molar-refractivity contribution in [2.45, 2.75) is 13.5 Å². The topological polar surface area (TPSA) is 75.7 Å². The molecule has 1 amide bonds. The number of ether oxygens (including phenoxy) is 1. The van der Waals surface area contributed by atoms with Crippen molar-refractivity contribution in [3.8, 4) is 5.75 Å². The third kappa shape index (κ3) is 5.41. The average molecular weight is 384 g/mol. The fourth-order valence-corrected chi connectivity index (χ4v) is 3.19. The van der Waals surface area contributed by atoms with Crippen LogP contribution in [0.3, 0.4) is 0 Å².